The smallest absolute Gasteiger partial charge is 0.346 e. The third kappa shape index (κ3) is 8.17. The van der Waals surface area contributed by atoms with Crippen LogP contribution >= 0.6 is 0 Å². The molecule has 10 nitrogen and oxygen atoms in total. The lowest BCUT2D eigenvalue weighted by molar-refractivity contribution is -0.137. The van der Waals surface area contributed by atoms with Gasteiger partial charge in [0.15, 0.2) is 5.69 Å². The first-order chi connectivity index (χ1) is 19.5. The van der Waals surface area contributed by atoms with Gasteiger partial charge in [-0.2, -0.15) is 17.6 Å². The summed E-state index contributed by atoms with van der Waals surface area (Å²) in [6.45, 7) is -0.715. The van der Waals surface area contributed by atoms with Crippen LogP contribution in [0.1, 0.15) is 60.1 Å². The van der Waals surface area contributed by atoms with Gasteiger partial charge >= 0.3 is 6.18 Å². The summed E-state index contributed by atoms with van der Waals surface area (Å²) in [6.07, 6.45) is 2.30. The lowest BCUT2D eigenvalue weighted by Gasteiger charge is -2.13. The second-order valence-electron chi connectivity index (χ2n) is 9.92. The molecule has 0 spiro atoms. The number of anilines is 1. The number of pyridine rings is 2. The van der Waals surface area contributed by atoms with Crippen LogP contribution in [0, 0.1) is 11.7 Å². The number of nitrogens with zero attached hydrogens (tertiary/aromatic N) is 5. The Bertz CT molecular complexity index is 1430. The molecule has 0 radical (unpaired) electrons. The molecule has 15 heteroatoms. The number of carbonyl (C=O) groups excluding carboxylic acids is 2. The molecule has 1 atom stereocenters. The van der Waals surface area contributed by atoms with Gasteiger partial charge in [-0.3, -0.25) is 19.4 Å². The van der Waals surface area contributed by atoms with E-state index in [0.717, 1.165) is 41.0 Å². The highest BCUT2D eigenvalue weighted by Crippen LogP contribution is 2.29. The maximum absolute atomic E-state index is 14.6. The fourth-order valence-electron chi connectivity index (χ4n) is 4.57. The zero-order chi connectivity index (χ0) is 29.6. The average Bonchev–Trinajstić information content (AvgIpc) is 3.61. The van der Waals surface area contributed by atoms with Gasteiger partial charge in [-0.1, -0.05) is 18.1 Å². The van der Waals surface area contributed by atoms with Gasteiger partial charge in [-0.15, -0.1) is 5.10 Å². The van der Waals surface area contributed by atoms with Crippen molar-refractivity contribution in [2.75, 3.05) is 5.32 Å². The number of hydrogen-bond donors (Lipinski definition) is 2. The minimum atomic E-state index is -4.57. The third-order valence-electron chi connectivity index (χ3n) is 6.74. The Hall–Kier alpha value is -4.17. The molecule has 3 heterocycles. The van der Waals surface area contributed by atoms with E-state index in [0.29, 0.717) is 6.20 Å². The Balaban J connectivity index is 1.25. The van der Waals surface area contributed by atoms with Crippen LogP contribution in [0.3, 0.4) is 0 Å². The number of halogens is 5. The maximum atomic E-state index is 14.6. The van der Waals surface area contributed by atoms with Crippen molar-refractivity contribution < 1.29 is 31.5 Å². The van der Waals surface area contributed by atoms with E-state index in [1.807, 2.05) is 0 Å². The summed E-state index contributed by atoms with van der Waals surface area (Å²) in [5.41, 5.74) is -2.22. The standard InChI is InChI=1S/C26H28F5N7O3/c27-19(5-7-37-8-6-20(23(28)25(37)41)34-22(39)10-16-3-1-2-4-16)14-38-15-21(35-36-38)24(40)33-12-17-9-18(13-32-11-17)26(29,30)31/h6,8-9,11,13,15-16,19H,1-5,7,10,12,14H2,(H,33,40)(H,34,39). The monoisotopic (exact) mass is 581 g/mol. The predicted octanol–water partition coefficient (Wildman–Crippen LogP) is 3.87. The number of aromatic nitrogens is 5. The molecule has 3 aromatic rings. The van der Waals surface area contributed by atoms with E-state index >= 15 is 0 Å². The molecule has 0 bridgehead atoms. The fraction of sp³-hybridized carbons (Fsp3) is 0.462. The maximum Gasteiger partial charge on any atom is 0.417 e. The number of rotatable bonds is 11. The molecule has 0 saturated heterocycles. The van der Waals surface area contributed by atoms with Crippen LogP contribution in [0.2, 0.25) is 0 Å². The molecule has 2 N–H and O–H groups in total. The number of hydrogen-bond acceptors (Lipinski definition) is 6. The first-order valence-electron chi connectivity index (χ1n) is 13.0. The summed E-state index contributed by atoms with van der Waals surface area (Å²) in [7, 11) is 0. The van der Waals surface area contributed by atoms with Crippen molar-refractivity contribution in [2.24, 2.45) is 5.92 Å². The Labute approximate surface area is 231 Å². The number of aryl methyl sites for hydroxylation is 1. The number of nitrogens with one attached hydrogen (secondary N) is 2. The third-order valence-corrected chi connectivity index (χ3v) is 6.74. The van der Waals surface area contributed by atoms with Gasteiger partial charge in [0.25, 0.3) is 11.5 Å². The van der Waals surface area contributed by atoms with Gasteiger partial charge in [0.2, 0.25) is 11.7 Å². The Morgan fingerprint density at radius 1 is 1.17 bits per heavy atom. The van der Waals surface area contributed by atoms with Crippen LogP contribution in [0.4, 0.5) is 27.6 Å². The molecule has 1 fully saturated rings. The van der Waals surface area contributed by atoms with Crippen LogP contribution < -0.4 is 16.2 Å². The van der Waals surface area contributed by atoms with Crippen molar-refractivity contribution in [3.05, 3.63) is 69.9 Å². The first kappa shape index (κ1) is 29.8. The lowest BCUT2D eigenvalue weighted by Crippen LogP contribution is -2.27. The molecule has 1 aliphatic rings. The molecule has 1 unspecified atom stereocenters. The fourth-order valence-corrected chi connectivity index (χ4v) is 4.57. The summed E-state index contributed by atoms with van der Waals surface area (Å²) < 4.78 is 69.7. The normalized spacial score (nSPS) is 14.7. The quantitative estimate of drug-likeness (QED) is 0.332. The summed E-state index contributed by atoms with van der Waals surface area (Å²) >= 11 is 0. The first-order valence-corrected chi connectivity index (χ1v) is 13.0. The lowest BCUT2D eigenvalue weighted by atomic mass is 10.0. The zero-order valence-electron chi connectivity index (χ0n) is 21.8. The van der Waals surface area contributed by atoms with E-state index in [-0.39, 0.29) is 61.2 Å². The van der Waals surface area contributed by atoms with E-state index in [9.17, 15) is 36.3 Å². The Kier molecular flexibility index (Phi) is 9.45. The van der Waals surface area contributed by atoms with E-state index in [2.05, 4.69) is 25.9 Å². The number of carbonyl (C=O) groups is 2. The summed E-state index contributed by atoms with van der Waals surface area (Å²) in [5, 5.41) is 12.2. The van der Waals surface area contributed by atoms with E-state index < -0.39 is 35.2 Å². The molecule has 1 aliphatic carbocycles. The average molecular weight is 582 g/mol. The number of alkyl halides is 4. The Morgan fingerprint density at radius 2 is 1.93 bits per heavy atom. The Morgan fingerprint density at radius 3 is 2.66 bits per heavy atom. The second kappa shape index (κ2) is 13.0. The topological polar surface area (TPSA) is 124 Å². The van der Waals surface area contributed by atoms with E-state index in [4.69, 9.17) is 0 Å². The molecule has 0 aromatic carbocycles. The van der Waals surface area contributed by atoms with Gasteiger partial charge in [0.1, 0.15) is 6.17 Å². The second-order valence-corrected chi connectivity index (χ2v) is 9.92. The van der Waals surface area contributed by atoms with Crippen molar-refractivity contribution in [3.8, 4) is 0 Å². The molecule has 2 amide bonds. The highest BCUT2D eigenvalue weighted by molar-refractivity contribution is 5.92. The highest BCUT2D eigenvalue weighted by Gasteiger charge is 2.31. The van der Waals surface area contributed by atoms with Crippen LogP contribution in [-0.4, -0.2) is 42.5 Å². The molecule has 220 valence electrons. The van der Waals surface area contributed by atoms with Crippen molar-refractivity contribution in [2.45, 2.75) is 70.5 Å². The van der Waals surface area contributed by atoms with Crippen molar-refractivity contribution in [1.29, 1.82) is 0 Å². The van der Waals surface area contributed by atoms with E-state index in [1.165, 1.54) is 24.7 Å². The predicted molar refractivity (Wildman–Crippen MR) is 136 cm³/mol. The molecule has 41 heavy (non-hydrogen) atoms. The van der Waals surface area contributed by atoms with E-state index in [1.54, 1.807) is 0 Å². The molecular weight excluding hydrogens is 553 g/mol. The zero-order valence-corrected chi connectivity index (χ0v) is 21.8. The summed E-state index contributed by atoms with van der Waals surface area (Å²) in [5.74, 6) is -1.96. The van der Waals surface area contributed by atoms with Crippen molar-refractivity contribution in [3.63, 3.8) is 0 Å². The van der Waals surface area contributed by atoms with Crippen LogP contribution in [0.5, 0.6) is 0 Å². The molecule has 0 aliphatic heterocycles. The van der Waals surface area contributed by atoms with Gasteiger partial charge < -0.3 is 15.2 Å². The van der Waals surface area contributed by atoms with Gasteiger partial charge in [-0.25, -0.2) is 9.07 Å². The summed E-state index contributed by atoms with van der Waals surface area (Å²) in [4.78, 5) is 40.4. The van der Waals surface area contributed by atoms with Crippen LogP contribution in [0.25, 0.3) is 0 Å². The SMILES string of the molecule is O=C(CC1CCCC1)Nc1ccn(CCC(F)Cn2cc(C(=O)NCc3cncc(C(F)(F)F)c3)nn2)c(=O)c1F. The minimum absolute atomic E-state index is 0.121. The van der Waals surface area contributed by atoms with Gasteiger partial charge in [-0.05, 0) is 42.9 Å². The largest absolute Gasteiger partial charge is 0.417 e. The molecule has 3 aromatic heterocycles. The molecular formula is C26H28F5N7O3. The van der Waals surface area contributed by atoms with Gasteiger partial charge in [0.05, 0.1) is 24.0 Å². The highest BCUT2D eigenvalue weighted by atomic mass is 19.4. The van der Waals surface area contributed by atoms with Crippen molar-refractivity contribution in [1.82, 2.24) is 29.9 Å². The van der Waals surface area contributed by atoms with Crippen LogP contribution in [0.15, 0.2) is 41.7 Å². The molecule has 4 rings (SSSR count). The number of amides is 2. The summed E-state index contributed by atoms with van der Waals surface area (Å²) in [6, 6.07) is 2.12. The molecule has 1 saturated carbocycles. The van der Waals surface area contributed by atoms with Gasteiger partial charge in [0, 0.05) is 38.1 Å². The van der Waals surface area contributed by atoms with Crippen LogP contribution in [-0.2, 0) is 30.6 Å². The minimum Gasteiger partial charge on any atom is -0.346 e. The van der Waals surface area contributed by atoms with Crippen molar-refractivity contribution >= 4 is 17.5 Å².